The minimum Gasteiger partial charge on any atom is -0.454 e. The molecule has 0 aromatic heterocycles. The number of fused-ring (bicyclic) bond motifs is 1. The number of carbonyl (C=O) groups excluding carboxylic acids is 4. The Kier molecular flexibility index (Phi) is 7.53. The topological polar surface area (TPSA) is 130 Å². The van der Waals surface area contributed by atoms with Crippen molar-refractivity contribution in [2.75, 3.05) is 11.9 Å². The molecule has 6 unspecified atom stereocenters. The number of aliphatic hydroxyl groups excluding tert-OH is 1. The Morgan fingerprint density at radius 3 is 2.51 bits per heavy atom. The van der Waals surface area contributed by atoms with Crippen LogP contribution < -0.4 is 5.32 Å². The van der Waals surface area contributed by atoms with Crippen LogP contribution in [-0.2, 0) is 19.1 Å². The Morgan fingerprint density at radius 1 is 1.16 bits per heavy atom. The first-order valence-corrected chi connectivity index (χ1v) is 12.9. The number of allylic oxidation sites excluding steroid dienone is 4. The zero-order chi connectivity index (χ0) is 27.0. The smallest absolute Gasteiger partial charge is 0.338 e. The van der Waals surface area contributed by atoms with Gasteiger partial charge in [0.1, 0.15) is 0 Å². The van der Waals surface area contributed by atoms with Crippen LogP contribution in [0.3, 0.4) is 0 Å². The minimum atomic E-state index is -1.36. The largest absolute Gasteiger partial charge is 0.454 e. The molecule has 1 aromatic carbocycles. The first kappa shape index (κ1) is 26.9. The number of esters is 1. The highest BCUT2D eigenvalue weighted by Gasteiger charge is 2.59. The summed E-state index contributed by atoms with van der Waals surface area (Å²) in [6.07, 6.45) is 6.62. The van der Waals surface area contributed by atoms with Gasteiger partial charge in [-0.2, -0.15) is 0 Å². The van der Waals surface area contributed by atoms with E-state index in [1.54, 1.807) is 24.3 Å². The Morgan fingerprint density at radius 2 is 1.86 bits per heavy atom. The van der Waals surface area contributed by atoms with Gasteiger partial charge in [0.2, 0.25) is 5.91 Å². The molecule has 8 nitrogen and oxygen atoms in total. The van der Waals surface area contributed by atoms with Gasteiger partial charge in [0.25, 0.3) is 0 Å². The molecular formula is C29H35NO7. The van der Waals surface area contributed by atoms with Gasteiger partial charge >= 0.3 is 5.97 Å². The van der Waals surface area contributed by atoms with Crippen molar-refractivity contribution in [3.8, 4) is 0 Å². The zero-order valence-corrected chi connectivity index (χ0v) is 21.5. The van der Waals surface area contributed by atoms with Crippen molar-refractivity contribution in [1.82, 2.24) is 0 Å². The second-order valence-electron chi connectivity index (χ2n) is 10.8. The summed E-state index contributed by atoms with van der Waals surface area (Å²) >= 11 is 0. The molecule has 1 aromatic rings. The Labute approximate surface area is 216 Å². The maximum atomic E-state index is 13.1. The molecule has 3 aliphatic rings. The van der Waals surface area contributed by atoms with Crippen molar-refractivity contribution < 1.29 is 34.1 Å². The summed E-state index contributed by atoms with van der Waals surface area (Å²) in [5.74, 6) is -2.38. The standard InChI is InChI=1S/C29H35NO7/c1-4-19-13-22(32)11-12-28(19,3)24-14-20-7-10-23(29(20,36)15-25(24)33)26(34)16-37-27(35)18-5-8-21(9-6-18)30-17(2)31/h5-6,8-9,11-13,20,23-25,33,36H,4,7,10,14-16H2,1-3H3,(H,30,31). The number of ketones is 2. The second kappa shape index (κ2) is 10.3. The van der Waals surface area contributed by atoms with E-state index in [1.807, 2.05) is 19.9 Å². The Hall–Kier alpha value is -3.10. The van der Waals surface area contributed by atoms with Crippen LogP contribution in [0.15, 0.2) is 48.1 Å². The minimum absolute atomic E-state index is 0.0547. The van der Waals surface area contributed by atoms with E-state index in [0.717, 1.165) is 5.57 Å². The average Bonchev–Trinajstić information content (AvgIpc) is 3.19. The SMILES string of the molecule is CCC1=CC(=O)C=CC1(C)C1CC2CCC(C(=O)COC(=O)c3ccc(NC(C)=O)cc3)C2(O)CC1O. The zero-order valence-electron chi connectivity index (χ0n) is 21.5. The third-order valence-corrected chi connectivity index (χ3v) is 8.58. The molecule has 0 saturated heterocycles. The van der Waals surface area contributed by atoms with E-state index in [-0.39, 0.29) is 41.3 Å². The van der Waals surface area contributed by atoms with Gasteiger partial charge in [-0.15, -0.1) is 0 Å². The van der Waals surface area contributed by atoms with Crippen molar-refractivity contribution in [1.29, 1.82) is 0 Å². The summed E-state index contributed by atoms with van der Waals surface area (Å²) in [5.41, 5.74) is -0.0967. The molecule has 2 saturated carbocycles. The maximum Gasteiger partial charge on any atom is 0.338 e. The predicted octanol–water partition coefficient (Wildman–Crippen LogP) is 3.38. The van der Waals surface area contributed by atoms with Gasteiger partial charge in [0, 0.05) is 24.4 Å². The van der Waals surface area contributed by atoms with Gasteiger partial charge in [-0.25, -0.2) is 4.79 Å². The number of hydrogen-bond donors (Lipinski definition) is 3. The highest BCUT2D eigenvalue weighted by Crippen LogP contribution is 2.56. The van der Waals surface area contributed by atoms with Crippen molar-refractivity contribution >= 4 is 29.1 Å². The second-order valence-corrected chi connectivity index (χ2v) is 10.8. The van der Waals surface area contributed by atoms with Gasteiger partial charge in [-0.05, 0) is 73.9 Å². The molecule has 1 amide bonds. The summed E-state index contributed by atoms with van der Waals surface area (Å²) < 4.78 is 5.25. The summed E-state index contributed by atoms with van der Waals surface area (Å²) in [6, 6.07) is 6.14. The van der Waals surface area contributed by atoms with Crippen LogP contribution in [0.1, 0.15) is 63.2 Å². The lowest BCUT2D eigenvalue weighted by molar-refractivity contribution is -0.152. The van der Waals surface area contributed by atoms with Crippen molar-refractivity contribution in [2.24, 2.45) is 23.2 Å². The Balaban J connectivity index is 1.40. The molecule has 0 spiro atoms. The fourth-order valence-electron chi connectivity index (χ4n) is 6.60. The summed E-state index contributed by atoms with van der Waals surface area (Å²) in [4.78, 5) is 48.6. The van der Waals surface area contributed by atoms with Gasteiger partial charge < -0.3 is 20.3 Å². The van der Waals surface area contributed by atoms with E-state index < -0.39 is 35.6 Å². The quantitative estimate of drug-likeness (QED) is 0.481. The fourth-order valence-corrected chi connectivity index (χ4v) is 6.60. The molecule has 0 heterocycles. The molecule has 8 heteroatoms. The average molecular weight is 510 g/mol. The molecule has 6 atom stereocenters. The monoisotopic (exact) mass is 509 g/mol. The van der Waals surface area contributed by atoms with Crippen LogP contribution in [0.2, 0.25) is 0 Å². The molecule has 198 valence electrons. The molecule has 0 radical (unpaired) electrons. The number of hydrogen-bond acceptors (Lipinski definition) is 7. The molecular weight excluding hydrogens is 474 g/mol. The van der Waals surface area contributed by atoms with E-state index in [9.17, 15) is 29.4 Å². The molecule has 0 aliphatic heterocycles. The normalized spacial score (nSPS) is 32.9. The fraction of sp³-hybridized carbons (Fsp3) is 0.517. The Bertz CT molecular complexity index is 1150. The van der Waals surface area contributed by atoms with Crippen LogP contribution in [0.25, 0.3) is 0 Å². The van der Waals surface area contributed by atoms with Crippen LogP contribution in [0, 0.1) is 23.2 Å². The molecule has 3 aliphatic carbocycles. The number of amides is 1. The predicted molar refractivity (Wildman–Crippen MR) is 137 cm³/mol. The summed E-state index contributed by atoms with van der Waals surface area (Å²) in [6.45, 7) is 4.95. The van der Waals surface area contributed by atoms with Crippen molar-refractivity contribution in [3.63, 3.8) is 0 Å². The summed E-state index contributed by atoms with van der Waals surface area (Å²) in [7, 11) is 0. The van der Waals surface area contributed by atoms with Crippen molar-refractivity contribution in [3.05, 3.63) is 53.6 Å². The van der Waals surface area contributed by atoms with E-state index in [4.69, 9.17) is 4.74 Å². The van der Waals surface area contributed by atoms with Gasteiger partial charge in [-0.3, -0.25) is 14.4 Å². The molecule has 0 bridgehead atoms. The first-order valence-electron chi connectivity index (χ1n) is 12.9. The van der Waals surface area contributed by atoms with E-state index >= 15 is 0 Å². The lowest BCUT2D eigenvalue weighted by Crippen LogP contribution is -2.55. The van der Waals surface area contributed by atoms with E-state index in [2.05, 4.69) is 5.32 Å². The number of aliphatic hydroxyl groups is 2. The van der Waals surface area contributed by atoms with Crippen LogP contribution in [0.5, 0.6) is 0 Å². The third kappa shape index (κ3) is 5.18. The van der Waals surface area contributed by atoms with Crippen LogP contribution in [0.4, 0.5) is 5.69 Å². The lowest BCUT2D eigenvalue weighted by Gasteiger charge is -2.50. The molecule has 3 N–H and O–H groups in total. The first-order chi connectivity index (χ1) is 17.5. The number of anilines is 1. The number of ether oxygens (including phenoxy) is 1. The number of benzene rings is 1. The number of rotatable bonds is 7. The molecule has 2 fully saturated rings. The number of carbonyl (C=O) groups is 4. The number of Topliss-reactive ketones (excluding diaryl/α,β-unsaturated/α-hetero) is 1. The molecule has 4 rings (SSSR count). The summed E-state index contributed by atoms with van der Waals surface area (Å²) in [5, 5.41) is 25.4. The number of nitrogens with one attached hydrogen (secondary N) is 1. The highest BCUT2D eigenvalue weighted by atomic mass is 16.5. The van der Waals surface area contributed by atoms with Crippen molar-refractivity contribution in [2.45, 2.75) is 64.6 Å². The van der Waals surface area contributed by atoms with E-state index in [1.165, 1.54) is 19.1 Å². The van der Waals surface area contributed by atoms with Crippen LogP contribution in [-0.4, -0.2) is 52.0 Å². The van der Waals surface area contributed by atoms with Gasteiger partial charge in [-0.1, -0.05) is 25.5 Å². The third-order valence-electron chi connectivity index (χ3n) is 8.58. The van der Waals surface area contributed by atoms with Gasteiger partial charge in [0.15, 0.2) is 18.2 Å². The molecule has 37 heavy (non-hydrogen) atoms. The van der Waals surface area contributed by atoms with Crippen LogP contribution >= 0.6 is 0 Å². The maximum absolute atomic E-state index is 13.1. The van der Waals surface area contributed by atoms with Gasteiger partial charge in [0.05, 0.1) is 23.2 Å². The lowest BCUT2D eigenvalue weighted by atomic mass is 9.57. The van der Waals surface area contributed by atoms with E-state index in [0.29, 0.717) is 31.4 Å². The highest BCUT2D eigenvalue weighted by molar-refractivity contribution is 6.01.